The van der Waals surface area contributed by atoms with E-state index in [1.54, 1.807) is 19.1 Å². The van der Waals surface area contributed by atoms with Gasteiger partial charge in [-0.2, -0.15) is 8.78 Å². The molecule has 0 fully saturated rings. The highest BCUT2D eigenvalue weighted by molar-refractivity contribution is 8.17. The zero-order valence-corrected chi connectivity index (χ0v) is 15.0. The topological polar surface area (TPSA) is 37.4 Å². The van der Waals surface area contributed by atoms with Crippen LogP contribution in [0.4, 0.5) is 14.5 Å². The molecule has 0 atom stereocenters. The summed E-state index contributed by atoms with van der Waals surface area (Å²) in [6.45, 7) is 1.59. The molecule has 11 heteroatoms. The van der Waals surface area contributed by atoms with Gasteiger partial charge in [0.25, 0.3) is 13.7 Å². The van der Waals surface area contributed by atoms with Gasteiger partial charge in [-0.25, -0.2) is 12.1 Å². The number of alkyl halides is 6. The van der Waals surface area contributed by atoms with Crippen LogP contribution >= 0.6 is 58.4 Å². The Hall–Kier alpha value is 0.340. The summed E-state index contributed by atoms with van der Waals surface area (Å²) in [6, 6.07) is 6.18. The zero-order valence-electron chi connectivity index (χ0n) is 10.4. The van der Waals surface area contributed by atoms with Gasteiger partial charge in [0.05, 0.1) is 5.69 Å². The van der Waals surface area contributed by atoms with Crippen LogP contribution in [0, 0.1) is 6.92 Å². The summed E-state index contributed by atoms with van der Waals surface area (Å²) in [5.41, 5.74) is 0.607. The molecule has 0 unspecified atom stereocenters. The number of rotatable bonds is 6. The smallest absolute Gasteiger partial charge is 0.207 e. The second kappa shape index (κ2) is 6.84. The van der Waals surface area contributed by atoms with Crippen LogP contribution in [0.3, 0.4) is 0 Å². The number of para-hydroxylation sites is 1. The summed E-state index contributed by atoms with van der Waals surface area (Å²) >= 11 is 21.1. The molecule has 0 saturated carbocycles. The molecule has 0 heterocycles. The number of hydrogen-bond acceptors (Lipinski definition) is 3. The summed E-state index contributed by atoms with van der Waals surface area (Å²) in [7, 11) is -4.13. The molecular formula is C10H9Cl4F2NO2S2. The van der Waals surface area contributed by atoms with Crippen molar-refractivity contribution in [2.24, 2.45) is 0 Å². The van der Waals surface area contributed by atoms with E-state index in [0.717, 1.165) is 0 Å². The van der Waals surface area contributed by atoms with Crippen LogP contribution in [0.1, 0.15) is 5.56 Å². The van der Waals surface area contributed by atoms with Crippen LogP contribution < -0.4 is 3.71 Å². The van der Waals surface area contributed by atoms with Crippen LogP contribution in [0.15, 0.2) is 24.3 Å². The monoisotopic (exact) mass is 417 g/mol. The lowest BCUT2D eigenvalue weighted by atomic mass is 10.2. The van der Waals surface area contributed by atoms with Gasteiger partial charge >= 0.3 is 5.38 Å². The molecule has 1 aromatic rings. The quantitative estimate of drug-likeness (QED) is 0.485. The fourth-order valence-corrected chi connectivity index (χ4v) is 4.61. The molecule has 0 radical (unpaired) electrons. The van der Waals surface area contributed by atoms with Gasteiger partial charge in [0.15, 0.2) is 0 Å². The van der Waals surface area contributed by atoms with E-state index in [-0.39, 0.29) is 17.6 Å². The molecule has 0 N–H and O–H groups in total. The molecule has 0 aliphatic carbocycles. The minimum absolute atomic E-state index is 0.0374. The third-order valence-electron chi connectivity index (χ3n) is 2.23. The molecule has 0 aliphatic rings. The van der Waals surface area contributed by atoms with E-state index in [9.17, 15) is 17.2 Å². The Morgan fingerprint density at radius 3 is 2.19 bits per heavy atom. The predicted octanol–water partition coefficient (Wildman–Crippen LogP) is 4.94. The Kier molecular flexibility index (Phi) is 6.32. The maximum absolute atomic E-state index is 13.2. The summed E-state index contributed by atoms with van der Waals surface area (Å²) in [6.07, 6.45) is 0. The van der Waals surface area contributed by atoms with Crippen molar-refractivity contribution in [1.29, 1.82) is 0 Å². The lowest BCUT2D eigenvalue weighted by Crippen LogP contribution is -2.37. The number of halogens is 6. The zero-order chi connectivity index (χ0) is 16.5. The lowest BCUT2D eigenvalue weighted by molar-refractivity contribution is 0.103. The molecular weight excluding hydrogens is 410 g/mol. The van der Waals surface area contributed by atoms with E-state index in [1.165, 1.54) is 12.1 Å². The van der Waals surface area contributed by atoms with E-state index in [2.05, 4.69) is 0 Å². The Bertz CT molecular complexity index is 607. The second-order valence-corrected chi connectivity index (χ2v) is 9.88. The van der Waals surface area contributed by atoms with Crippen LogP contribution in [0.25, 0.3) is 0 Å². The lowest BCUT2D eigenvalue weighted by Gasteiger charge is -2.31. The van der Waals surface area contributed by atoms with Crippen molar-refractivity contribution in [1.82, 2.24) is 0 Å². The molecule has 1 rings (SSSR count). The largest absolute Gasteiger partial charge is 0.365 e. The van der Waals surface area contributed by atoms with Gasteiger partial charge in [0, 0.05) is 11.9 Å². The summed E-state index contributed by atoms with van der Waals surface area (Å²) in [5, 5.41) is -4.91. The minimum Gasteiger partial charge on any atom is -0.207 e. The summed E-state index contributed by atoms with van der Waals surface area (Å²) < 4.78 is 48.1. The van der Waals surface area contributed by atoms with Crippen molar-refractivity contribution in [2.45, 2.75) is 16.0 Å². The van der Waals surface area contributed by atoms with Gasteiger partial charge in [0.1, 0.15) is 5.21 Å². The number of benzene rings is 1. The van der Waals surface area contributed by atoms with Gasteiger partial charge in [-0.05, 0) is 30.2 Å². The SMILES string of the molecule is Cc1ccccc1N(SC(Cl)(Cl)C(F)(F)Cl)S(=O)(=O)CCl. The van der Waals surface area contributed by atoms with Crippen molar-refractivity contribution in [3.8, 4) is 0 Å². The molecule has 1 aromatic carbocycles. The fourth-order valence-electron chi connectivity index (χ4n) is 1.22. The fraction of sp³-hybridized carbons (Fsp3) is 0.400. The average molecular weight is 419 g/mol. The first kappa shape index (κ1) is 19.4. The van der Waals surface area contributed by atoms with E-state index in [1.807, 2.05) is 0 Å². The molecule has 0 saturated heterocycles. The first-order chi connectivity index (χ1) is 9.42. The van der Waals surface area contributed by atoms with E-state index in [0.29, 0.717) is 9.27 Å². The maximum atomic E-state index is 13.2. The number of aryl methyl sites for hydroxylation is 1. The Balaban J connectivity index is 3.34. The van der Waals surface area contributed by atoms with E-state index < -0.39 is 24.3 Å². The molecule has 0 aliphatic heterocycles. The van der Waals surface area contributed by atoms with Crippen molar-refractivity contribution < 1.29 is 17.2 Å². The van der Waals surface area contributed by atoms with Gasteiger partial charge in [-0.1, -0.05) is 41.4 Å². The van der Waals surface area contributed by atoms with Gasteiger partial charge < -0.3 is 0 Å². The molecule has 120 valence electrons. The first-order valence-electron chi connectivity index (χ1n) is 5.20. The highest BCUT2D eigenvalue weighted by atomic mass is 35.5. The molecule has 0 aromatic heterocycles. The molecule has 0 amide bonds. The van der Waals surface area contributed by atoms with Gasteiger partial charge in [-0.3, -0.25) is 0 Å². The van der Waals surface area contributed by atoms with Crippen molar-refractivity contribution in [2.75, 3.05) is 8.92 Å². The number of sulfonamides is 1. The summed E-state index contributed by atoms with van der Waals surface area (Å²) in [4.78, 5) is 0. The molecule has 0 bridgehead atoms. The van der Waals surface area contributed by atoms with E-state index >= 15 is 0 Å². The third kappa shape index (κ3) is 4.65. The van der Waals surface area contributed by atoms with Crippen LogP contribution in [-0.2, 0) is 10.0 Å². The predicted molar refractivity (Wildman–Crippen MR) is 86.1 cm³/mol. The van der Waals surface area contributed by atoms with E-state index in [4.69, 9.17) is 46.4 Å². The van der Waals surface area contributed by atoms with Crippen molar-refractivity contribution in [3.63, 3.8) is 0 Å². The van der Waals surface area contributed by atoms with Gasteiger partial charge in [-0.15, -0.1) is 11.6 Å². The highest BCUT2D eigenvalue weighted by Crippen LogP contribution is 2.52. The standard InChI is InChI=1S/C10H9Cl4F2NO2S2/c1-7-4-2-3-5-8(7)17(21(18,19)6-11)20-9(12,13)10(14,15)16/h2-5H,6H2,1H3. The number of nitrogens with zero attached hydrogens (tertiary/aromatic N) is 1. The normalized spacial score (nSPS) is 13.3. The van der Waals surface area contributed by atoms with Crippen LogP contribution in [0.2, 0.25) is 0 Å². The molecule has 21 heavy (non-hydrogen) atoms. The maximum Gasteiger partial charge on any atom is 0.365 e. The van der Waals surface area contributed by atoms with Crippen LogP contribution in [0.5, 0.6) is 0 Å². The van der Waals surface area contributed by atoms with Crippen molar-refractivity contribution >= 4 is 74.1 Å². The number of anilines is 1. The average Bonchev–Trinajstić information content (AvgIpc) is 2.35. The summed E-state index contributed by atoms with van der Waals surface area (Å²) in [5.74, 6) is 0. The number of hydrogen-bond donors (Lipinski definition) is 0. The molecule has 3 nitrogen and oxygen atoms in total. The first-order valence-corrected chi connectivity index (χ1v) is 9.26. The highest BCUT2D eigenvalue weighted by Gasteiger charge is 2.54. The Morgan fingerprint density at radius 1 is 1.24 bits per heavy atom. The minimum atomic E-state index is -4.13. The second-order valence-electron chi connectivity index (χ2n) is 3.84. The Morgan fingerprint density at radius 2 is 1.76 bits per heavy atom. The third-order valence-corrected chi connectivity index (χ3v) is 7.27. The van der Waals surface area contributed by atoms with Gasteiger partial charge in [0.2, 0.25) is 0 Å². The van der Waals surface area contributed by atoms with Crippen molar-refractivity contribution in [3.05, 3.63) is 29.8 Å². The van der Waals surface area contributed by atoms with Crippen LogP contribution in [-0.4, -0.2) is 22.7 Å². The Labute approximate surface area is 145 Å². The molecule has 0 spiro atoms.